The highest BCUT2D eigenvalue weighted by atomic mass is 16.5. The molecule has 1 aliphatic rings. The predicted molar refractivity (Wildman–Crippen MR) is 72.6 cm³/mol. The summed E-state index contributed by atoms with van der Waals surface area (Å²) in [5.41, 5.74) is 0. The van der Waals surface area contributed by atoms with Gasteiger partial charge in [-0.25, -0.2) is 0 Å². The second-order valence-corrected chi connectivity index (χ2v) is 5.10. The van der Waals surface area contributed by atoms with Crippen LogP contribution in [0.5, 0.6) is 0 Å². The molecule has 2 atom stereocenters. The van der Waals surface area contributed by atoms with Gasteiger partial charge in [-0.05, 0) is 40.4 Å². The largest absolute Gasteiger partial charge is 0.377 e. The van der Waals surface area contributed by atoms with Crippen molar-refractivity contribution >= 4 is 5.91 Å². The molecule has 2 unspecified atom stereocenters. The van der Waals surface area contributed by atoms with Crippen molar-refractivity contribution in [1.82, 2.24) is 15.5 Å². The van der Waals surface area contributed by atoms with Crippen molar-refractivity contribution in [2.24, 2.45) is 5.92 Å². The number of amides is 1. The Bertz CT molecular complexity index is 240. The average molecular weight is 257 g/mol. The summed E-state index contributed by atoms with van der Waals surface area (Å²) in [5.74, 6) is 0.302. The minimum absolute atomic E-state index is 0.121. The number of rotatable bonds is 8. The highest BCUT2D eigenvalue weighted by molar-refractivity contribution is 5.79. The molecule has 1 aliphatic heterocycles. The molecule has 0 aromatic rings. The van der Waals surface area contributed by atoms with E-state index in [1.54, 1.807) is 0 Å². The van der Waals surface area contributed by atoms with E-state index in [0.29, 0.717) is 13.2 Å². The van der Waals surface area contributed by atoms with Gasteiger partial charge in [0.15, 0.2) is 0 Å². The van der Waals surface area contributed by atoms with Gasteiger partial charge in [0.05, 0.1) is 12.0 Å². The molecule has 1 fully saturated rings. The van der Waals surface area contributed by atoms with Gasteiger partial charge in [-0.2, -0.15) is 0 Å². The molecule has 1 rings (SSSR count). The Hall–Kier alpha value is -0.650. The van der Waals surface area contributed by atoms with Crippen molar-refractivity contribution in [2.45, 2.75) is 25.9 Å². The molecule has 0 bridgehead atoms. The van der Waals surface area contributed by atoms with Crippen molar-refractivity contribution in [3.05, 3.63) is 0 Å². The molecule has 0 aliphatic carbocycles. The van der Waals surface area contributed by atoms with Gasteiger partial charge in [0.2, 0.25) is 5.91 Å². The molecular weight excluding hydrogens is 230 g/mol. The molecule has 18 heavy (non-hydrogen) atoms. The Morgan fingerprint density at radius 3 is 2.89 bits per heavy atom. The SMILES string of the molecule is CCOC(CCN(C)C)CNC(=O)C1CCNC1. The maximum absolute atomic E-state index is 11.9. The van der Waals surface area contributed by atoms with Gasteiger partial charge in [0, 0.05) is 26.2 Å². The number of ether oxygens (including phenoxy) is 1. The summed E-state index contributed by atoms with van der Waals surface area (Å²) in [7, 11) is 4.09. The third-order valence-electron chi connectivity index (χ3n) is 3.24. The van der Waals surface area contributed by atoms with Gasteiger partial charge < -0.3 is 20.3 Å². The van der Waals surface area contributed by atoms with Crippen molar-refractivity contribution in [3.63, 3.8) is 0 Å². The first-order valence-electron chi connectivity index (χ1n) is 6.88. The van der Waals surface area contributed by atoms with E-state index in [1.165, 1.54) is 0 Å². The van der Waals surface area contributed by atoms with Gasteiger partial charge in [-0.15, -0.1) is 0 Å². The summed E-state index contributed by atoms with van der Waals surface area (Å²) in [5, 5.41) is 6.22. The fourth-order valence-corrected chi connectivity index (χ4v) is 2.12. The smallest absolute Gasteiger partial charge is 0.224 e. The van der Waals surface area contributed by atoms with Crippen LogP contribution in [-0.2, 0) is 9.53 Å². The Kier molecular flexibility index (Phi) is 7.23. The van der Waals surface area contributed by atoms with Crippen LogP contribution in [0.25, 0.3) is 0 Å². The quantitative estimate of drug-likeness (QED) is 0.646. The van der Waals surface area contributed by atoms with Gasteiger partial charge in [0.1, 0.15) is 0 Å². The lowest BCUT2D eigenvalue weighted by Crippen LogP contribution is -2.39. The van der Waals surface area contributed by atoms with Gasteiger partial charge in [0.25, 0.3) is 0 Å². The lowest BCUT2D eigenvalue weighted by Gasteiger charge is -2.20. The first-order valence-corrected chi connectivity index (χ1v) is 6.88. The fraction of sp³-hybridized carbons (Fsp3) is 0.923. The average Bonchev–Trinajstić information content (AvgIpc) is 2.86. The molecule has 106 valence electrons. The lowest BCUT2D eigenvalue weighted by atomic mass is 10.1. The van der Waals surface area contributed by atoms with Gasteiger partial charge in [-0.1, -0.05) is 0 Å². The summed E-state index contributed by atoms with van der Waals surface area (Å²) >= 11 is 0. The van der Waals surface area contributed by atoms with Crippen LogP contribution >= 0.6 is 0 Å². The zero-order valence-corrected chi connectivity index (χ0v) is 11.9. The van der Waals surface area contributed by atoms with E-state index in [2.05, 4.69) is 15.5 Å². The van der Waals surface area contributed by atoms with Gasteiger partial charge in [-0.3, -0.25) is 4.79 Å². The Balaban J connectivity index is 2.24. The van der Waals surface area contributed by atoms with Crippen LogP contribution in [0.3, 0.4) is 0 Å². The number of nitrogens with zero attached hydrogens (tertiary/aromatic N) is 1. The Morgan fingerprint density at radius 1 is 1.56 bits per heavy atom. The number of hydrogen-bond acceptors (Lipinski definition) is 4. The highest BCUT2D eigenvalue weighted by Gasteiger charge is 2.22. The first kappa shape index (κ1) is 15.4. The van der Waals surface area contributed by atoms with Crippen molar-refractivity contribution in [1.29, 1.82) is 0 Å². The standard InChI is InChI=1S/C13H27N3O2/c1-4-18-12(6-8-16(2)3)10-15-13(17)11-5-7-14-9-11/h11-12,14H,4-10H2,1-3H3,(H,15,17). The van der Waals surface area contributed by atoms with E-state index in [9.17, 15) is 4.79 Å². The van der Waals surface area contributed by atoms with E-state index < -0.39 is 0 Å². The number of nitrogens with one attached hydrogen (secondary N) is 2. The lowest BCUT2D eigenvalue weighted by molar-refractivity contribution is -0.125. The van der Waals surface area contributed by atoms with Crippen LogP contribution in [0, 0.1) is 5.92 Å². The number of carbonyl (C=O) groups excluding carboxylic acids is 1. The minimum Gasteiger partial charge on any atom is -0.377 e. The van der Waals surface area contributed by atoms with E-state index in [0.717, 1.165) is 32.5 Å². The van der Waals surface area contributed by atoms with E-state index >= 15 is 0 Å². The topological polar surface area (TPSA) is 53.6 Å². The summed E-state index contributed by atoms with van der Waals surface area (Å²) in [6.07, 6.45) is 2.02. The normalized spacial score (nSPS) is 21.2. The summed E-state index contributed by atoms with van der Waals surface area (Å²) in [4.78, 5) is 14.0. The summed E-state index contributed by atoms with van der Waals surface area (Å²) in [6.45, 7) is 6.04. The first-order chi connectivity index (χ1) is 8.63. The highest BCUT2D eigenvalue weighted by Crippen LogP contribution is 2.07. The summed E-state index contributed by atoms with van der Waals surface area (Å²) < 4.78 is 5.65. The molecule has 1 heterocycles. The maximum Gasteiger partial charge on any atom is 0.224 e. The third kappa shape index (κ3) is 5.80. The zero-order chi connectivity index (χ0) is 13.4. The molecule has 2 N–H and O–H groups in total. The molecule has 5 nitrogen and oxygen atoms in total. The number of carbonyl (C=O) groups is 1. The van der Waals surface area contributed by atoms with Crippen LogP contribution in [0.15, 0.2) is 0 Å². The molecule has 0 aromatic carbocycles. The van der Waals surface area contributed by atoms with E-state index in [4.69, 9.17) is 4.74 Å². The number of hydrogen-bond donors (Lipinski definition) is 2. The van der Waals surface area contributed by atoms with Crippen molar-refractivity contribution in [2.75, 3.05) is 46.9 Å². The molecule has 0 radical (unpaired) electrons. The van der Waals surface area contributed by atoms with Gasteiger partial charge >= 0.3 is 0 Å². The molecule has 0 aromatic heterocycles. The second kappa shape index (κ2) is 8.45. The molecule has 5 heteroatoms. The second-order valence-electron chi connectivity index (χ2n) is 5.10. The molecule has 0 spiro atoms. The maximum atomic E-state index is 11.9. The predicted octanol–water partition coefficient (Wildman–Crippen LogP) is 0.0689. The van der Waals surface area contributed by atoms with Crippen LogP contribution in [0.1, 0.15) is 19.8 Å². The van der Waals surface area contributed by atoms with Crippen LogP contribution in [0.2, 0.25) is 0 Å². The Labute approximate surface area is 110 Å². The van der Waals surface area contributed by atoms with Crippen LogP contribution < -0.4 is 10.6 Å². The van der Waals surface area contributed by atoms with E-state index in [1.807, 2.05) is 21.0 Å². The molecule has 1 amide bonds. The fourth-order valence-electron chi connectivity index (χ4n) is 2.12. The van der Waals surface area contributed by atoms with Crippen LogP contribution in [-0.4, -0.2) is 63.8 Å². The van der Waals surface area contributed by atoms with Crippen molar-refractivity contribution < 1.29 is 9.53 Å². The zero-order valence-electron chi connectivity index (χ0n) is 11.9. The van der Waals surface area contributed by atoms with E-state index in [-0.39, 0.29) is 17.9 Å². The minimum atomic E-state index is 0.121. The monoisotopic (exact) mass is 257 g/mol. The molecule has 1 saturated heterocycles. The van der Waals surface area contributed by atoms with Crippen LogP contribution in [0.4, 0.5) is 0 Å². The summed E-state index contributed by atoms with van der Waals surface area (Å²) in [6, 6.07) is 0. The third-order valence-corrected chi connectivity index (χ3v) is 3.24. The molecular formula is C13H27N3O2. The molecule has 0 saturated carbocycles. The Morgan fingerprint density at radius 2 is 2.33 bits per heavy atom. The van der Waals surface area contributed by atoms with Crippen molar-refractivity contribution in [3.8, 4) is 0 Å².